The van der Waals surface area contributed by atoms with E-state index in [2.05, 4.69) is 18.8 Å². The van der Waals surface area contributed by atoms with E-state index in [9.17, 15) is 0 Å². The first-order valence-corrected chi connectivity index (χ1v) is 4.00. The standard InChI is InChI=1S/C10H13NO/c1-8(2)9-3-5-11-10(7-9)4-6-12/h3-8,12H,1-2H3. The van der Waals surface area contributed by atoms with Gasteiger partial charge in [-0.1, -0.05) is 13.8 Å². The highest BCUT2D eigenvalue weighted by Crippen LogP contribution is 2.14. The second kappa shape index (κ2) is 3.90. The molecule has 2 nitrogen and oxygen atoms in total. The normalized spacial score (nSPS) is 11.2. The molecule has 0 amide bonds. The summed E-state index contributed by atoms with van der Waals surface area (Å²) >= 11 is 0. The fourth-order valence-corrected chi connectivity index (χ4v) is 0.992. The summed E-state index contributed by atoms with van der Waals surface area (Å²) in [5.41, 5.74) is 2.03. The van der Waals surface area contributed by atoms with Crippen molar-refractivity contribution < 1.29 is 5.11 Å². The molecule has 0 aliphatic carbocycles. The van der Waals surface area contributed by atoms with Crippen LogP contribution < -0.4 is 0 Å². The number of rotatable bonds is 2. The summed E-state index contributed by atoms with van der Waals surface area (Å²) in [5.74, 6) is 0.499. The second-order valence-corrected chi connectivity index (χ2v) is 2.98. The van der Waals surface area contributed by atoms with Gasteiger partial charge in [-0.3, -0.25) is 4.98 Å². The molecular formula is C10H13NO. The molecule has 1 heterocycles. The zero-order valence-electron chi connectivity index (χ0n) is 7.36. The second-order valence-electron chi connectivity index (χ2n) is 2.98. The molecular weight excluding hydrogens is 150 g/mol. The Morgan fingerprint density at radius 2 is 2.25 bits per heavy atom. The molecule has 0 saturated heterocycles. The Balaban J connectivity index is 2.95. The van der Waals surface area contributed by atoms with Crippen molar-refractivity contribution in [3.63, 3.8) is 0 Å². The van der Waals surface area contributed by atoms with E-state index in [1.165, 1.54) is 5.56 Å². The van der Waals surface area contributed by atoms with Crippen molar-refractivity contribution in [3.8, 4) is 0 Å². The van der Waals surface area contributed by atoms with Gasteiger partial charge in [-0.05, 0) is 29.7 Å². The molecule has 12 heavy (non-hydrogen) atoms. The summed E-state index contributed by atoms with van der Waals surface area (Å²) in [6.07, 6.45) is 4.34. The first-order chi connectivity index (χ1) is 5.74. The molecule has 2 heteroatoms. The van der Waals surface area contributed by atoms with Gasteiger partial charge >= 0.3 is 0 Å². The van der Waals surface area contributed by atoms with Crippen LogP contribution in [-0.4, -0.2) is 10.1 Å². The maximum absolute atomic E-state index is 8.53. The van der Waals surface area contributed by atoms with E-state index in [0.29, 0.717) is 5.92 Å². The maximum Gasteiger partial charge on any atom is 0.0813 e. The fraction of sp³-hybridized carbons (Fsp3) is 0.300. The monoisotopic (exact) mass is 163 g/mol. The van der Waals surface area contributed by atoms with Gasteiger partial charge in [0.1, 0.15) is 0 Å². The summed E-state index contributed by atoms with van der Waals surface area (Å²) in [5, 5.41) is 8.53. The third-order valence-electron chi connectivity index (χ3n) is 1.72. The minimum Gasteiger partial charge on any atom is -0.516 e. The van der Waals surface area contributed by atoms with Crippen molar-refractivity contribution >= 4 is 6.08 Å². The number of pyridine rings is 1. The molecule has 0 atom stereocenters. The van der Waals surface area contributed by atoms with Gasteiger partial charge in [0.25, 0.3) is 0 Å². The van der Waals surface area contributed by atoms with E-state index in [1.807, 2.05) is 12.1 Å². The molecule has 64 valence electrons. The number of nitrogens with zero attached hydrogens (tertiary/aromatic N) is 1. The number of aliphatic hydroxyl groups excluding tert-OH is 1. The largest absolute Gasteiger partial charge is 0.516 e. The molecule has 1 aromatic heterocycles. The van der Waals surface area contributed by atoms with Gasteiger partial charge in [0.05, 0.1) is 12.0 Å². The number of aliphatic hydroxyl groups is 1. The van der Waals surface area contributed by atoms with Gasteiger partial charge in [-0.15, -0.1) is 0 Å². The lowest BCUT2D eigenvalue weighted by molar-refractivity contribution is 0.478. The van der Waals surface area contributed by atoms with Gasteiger partial charge in [-0.2, -0.15) is 0 Å². The van der Waals surface area contributed by atoms with Crippen LogP contribution in [0.25, 0.3) is 6.08 Å². The quantitative estimate of drug-likeness (QED) is 0.680. The molecule has 0 radical (unpaired) electrons. The molecule has 0 fully saturated rings. The van der Waals surface area contributed by atoms with Crippen LogP contribution >= 0.6 is 0 Å². The SMILES string of the molecule is CC(C)c1ccnc(C=CO)c1. The Morgan fingerprint density at radius 3 is 2.83 bits per heavy atom. The molecule has 0 saturated carbocycles. The van der Waals surface area contributed by atoms with Crippen molar-refractivity contribution in [1.29, 1.82) is 0 Å². The van der Waals surface area contributed by atoms with Crippen molar-refractivity contribution in [2.45, 2.75) is 19.8 Å². The molecule has 1 N–H and O–H groups in total. The molecule has 0 aromatic carbocycles. The molecule has 1 aromatic rings. The minimum atomic E-state index is 0.499. The van der Waals surface area contributed by atoms with Crippen molar-refractivity contribution in [3.05, 3.63) is 35.8 Å². The number of aromatic nitrogens is 1. The third-order valence-corrected chi connectivity index (χ3v) is 1.72. The average molecular weight is 163 g/mol. The topological polar surface area (TPSA) is 33.1 Å². The van der Waals surface area contributed by atoms with Crippen LogP contribution in [0.15, 0.2) is 24.6 Å². The molecule has 1 rings (SSSR count). The smallest absolute Gasteiger partial charge is 0.0813 e. The predicted octanol–water partition coefficient (Wildman–Crippen LogP) is 2.73. The lowest BCUT2D eigenvalue weighted by Gasteiger charge is -2.04. The van der Waals surface area contributed by atoms with Gasteiger partial charge in [0, 0.05) is 6.20 Å². The van der Waals surface area contributed by atoms with E-state index in [0.717, 1.165) is 12.0 Å². The Bertz CT molecular complexity index is 279. The van der Waals surface area contributed by atoms with Gasteiger partial charge in [0.2, 0.25) is 0 Å². The Kier molecular flexibility index (Phi) is 2.86. The van der Waals surface area contributed by atoms with Gasteiger partial charge < -0.3 is 5.11 Å². The average Bonchev–Trinajstić information content (AvgIpc) is 2.05. The van der Waals surface area contributed by atoms with Crippen LogP contribution in [0, 0.1) is 0 Å². The van der Waals surface area contributed by atoms with Crippen molar-refractivity contribution in [2.75, 3.05) is 0 Å². The van der Waals surface area contributed by atoms with E-state index in [-0.39, 0.29) is 0 Å². The summed E-state index contributed by atoms with van der Waals surface area (Å²) in [7, 11) is 0. The molecule has 0 bridgehead atoms. The zero-order chi connectivity index (χ0) is 8.97. The summed E-state index contributed by atoms with van der Waals surface area (Å²) < 4.78 is 0. The summed E-state index contributed by atoms with van der Waals surface area (Å²) in [6, 6.07) is 3.96. The molecule has 0 aliphatic rings. The molecule has 0 aliphatic heterocycles. The van der Waals surface area contributed by atoms with Crippen molar-refractivity contribution in [2.24, 2.45) is 0 Å². The zero-order valence-corrected chi connectivity index (χ0v) is 7.36. The number of hydrogen-bond acceptors (Lipinski definition) is 2. The van der Waals surface area contributed by atoms with Crippen LogP contribution in [0.3, 0.4) is 0 Å². The van der Waals surface area contributed by atoms with Crippen LogP contribution in [0.2, 0.25) is 0 Å². The Morgan fingerprint density at radius 1 is 1.50 bits per heavy atom. The number of hydrogen-bond donors (Lipinski definition) is 1. The maximum atomic E-state index is 8.53. The molecule has 0 spiro atoms. The van der Waals surface area contributed by atoms with Crippen LogP contribution in [-0.2, 0) is 0 Å². The van der Waals surface area contributed by atoms with E-state index < -0.39 is 0 Å². The minimum absolute atomic E-state index is 0.499. The van der Waals surface area contributed by atoms with E-state index in [1.54, 1.807) is 12.3 Å². The highest BCUT2D eigenvalue weighted by atomic mass is 16.2. The molecule has 0 unspecified atom stereocenters. The van der Waals surface area contributed by atoms with E-state index >= 15 is 0 Å². The first-order valence-electron chi connectivity index (χ1n) is 4.00. The summed E-state index contributed by atoms with van der Waals surface area (Å²) in [6.45, 7) is 4.25. The predicted molar refractivity (Wildman–Crippen MR) is 50.0 cm³/mol. The van der Waals surface area contributed by atoms with Gasteiger partial charge in [-0.25, -0.2) is 0 Å². The van der Waals surface area contributed by atoms with Crippen LogP contribution in [0.5, 0.6) is 0 Å². The van der Waals surface area contributed by atoms with E-state index in [4.69, 9.17) is 5.11 Å². The van der Waals surface area contributed by atoms with Crippen molar-refractivity contribution in [1.82, 2.24) is 4.98 Å². The highest BCUT2D eigenvalue weighted by molar-refractivity contribution is 5.44. The lowest BCUT2D eigenvalue weighted by Crippen LogP contribution is -1.89. The van der Waals surface area contributed by atoms with Crippen LogP contribution in [0.4, 0.5) is 0 Å². The summed E-state index contributed by atoms with van der Waals surface area (Å²) in [4.78, 5) is 4.06. The van der Waals surface area contributed by atoms with Gasteiger partial charge in [0.15, 0.2) is 0 Å². The first kappa shape index (κ1) is 8.78. The lowest BCUT2D eigenvalue weighted by atomic mass is 10.0. The van der Waals surface area contributed by atoms with Crippen LogP contribution in [0.1, 0.15) is 31.0 Å². The Hall–Kier alpha value is -1.31. The third kappa shape index (κ3) is 2.09. The highest BCUT2D eigenvalue weighted by Gasteiger charge is 1.98. The Labute approximate surface area is 72.6 Å². The fourth-order valence-electron chi connectivity index (χ4n) is 0.992.